The monoisotopic (exact) mass is 707 g/mol. The van der Waals surface area contributed by atoms with E-state index in [1.165, 1.54) is 17.0 Å². The van der Waals surface area contributed by atoms with Gasteiger partial charge in [0.25, 0.3) is 10.0 Å². The summed E-state index contributed by atoms with van der Waals surface area (Å²) in [6, 6.07) is 26.2. The normalized spacial score (nSPS) is 14.2. The van der Waals surface area contributed by atoms with Gasteiger partial charge in [0.1, 0.15) is 24.1 Å². The largest absolute Gasteiger partial charge is 0.457 e. The van der Waals surface area contributed by atoms with Crippen LogP contribution < -0.4 is 14.4 Å². The van der Waals surface area contributed by atoms with Gasteiger partial charge in [0, 0.05) is 22.6 Å². The van der Waals surface area contributed by atoms with Crippen LogP contribution in [0, 0.1) is 6.92 Å². The van der Waals surface area contributed by atoms with Crippen molar-refractivity contribution in [1.29, 1.82) is 0 Å². The third-order valence-electron chi connectivity index (χ3n) is 8.47. The Hall–Kier alpha value is -4.05. The van der Waals surface area contributed by atoms with Crippen molar-refractivity contribution in [1.82, 2.24) is 10.2 Å². The van der Waals surface area contributed by atoms with E-state index in [2.05, 4.69) is 5.32 Å². The second kappa shape index (κ2) is 15.9. The summed E-state index contributed by atoms with van der Waals surface area (Å²) >= 11 is 12.7. The molecule has 1 N–H and O–H groups in total. The maximum absolute atomic E-state index is 14.3. The molecule has 1 fully saturated rings. The average Bonchev–Trinajstić information content (AvgIpc) is 3.08. The SMILES string of the molecule is Cc1ccc(S(=O)(=O)N(CC(=O)N(Cc2ccc(Cl)cc2Cl)[C@H](C)C(=O)NC2CCCCC2)c2ccc(Oc3ccccc3)cc2)cc1. The smallest absolute Gasteiger partial charge is 0.264 e. The van der Waals surface area contributed by atoms with Crippen LogP contribution in [0.15, 0.2) is 102 Å². The minimum absolute atomic E-state index is 0.0276. The molecule has 1 saturated carbocycles. The number of ether oxygens (including phenoxy) is 1. The lowest BCUT2D eigenvalue weighted by molar-refractivity contribution is -0.139. The minimum atomic E-state index is -4.23. The average molecular weight is 709 g/mol. The Morgan fingerprint density at radius 2 is 1.52 bits per heavy atom. The van der Waals surface area contributed by atoms with Crippen molar-refractivity contribution >= 4 is 50.7 Å². The molecule has 0 saturated heterocycles. The van der Waals surface area contributed by atoms with Gasteiger partial charge in [-0.15, -0.1) is 0 Å². The summed E-state index contributed by atoms with van der Waals surface area (Å²) in [5, 5.41) is 3.87. The van der Waals surface area contributed by atoms with Gasteiger partial charge in [-0.3, -0.25) is 13.9 Å². The number of anilines is 1. The van der Waals surface area contributed by atoms with E-state index in [4.69, 9.17) is 27.9 Å². The molecule has 4 aromatic carbocycles. The van der Waals surface area contributed by atoms with Crippen LogP contribution in [0.4, 0.5) is 5.69 Å². The van der Waals surface area contributed by atoms with E-state index in [1.54, 1.807) is 61.5 Å². The summed E-state index contributed by atoms with van der Waals surface area (Å²) < 4.78 is 35.4. The summed E-state index contributed by atoms with van der Waals surface area (Å²) in [6.45, 7) is 2.91. The van der Waals surface area contributed by atoms with Crippen molar-refractivity contribution in [2.24, 2.45) is 0 Å². The molecule has 0 aromatic heterocycles. The lowest BCUT2D eigenvalue weighted by atomic mass is 9.95. The van der Waals surface area contributed by atoms with Gasteiger partial charge in [0.05, 0.1) is 10.6 Å². The molecule has 0 heterocycles. The lowest BCUT2D eigenvalue weighted by Crippen LogP contribution is -2.53. The van der Waals surface area contributed by atoms with Crippen LogP contribution in [0.25, 0.3) is 0 Å². The Bertz CT molecular complexity index is 1810. The zero-order chi connectivity index (χ0) is 34.3. The van der Waals surface area contributed by atoms with Crippen LogP contribution in [0.2, 0.25) is 10.0 Å². The maximum atomic E-state index is 14.3. The Morgan fingerprint density at radius 1 is 0.875 bits per heavy atom. The number of benzene rings is 4. The van der Waals surface area contributed by atoms with Crippen molar-refractivity contribution in [2.75, 3.05) is 10.8 Å². The third kappa shape index (κ3) is 8.89. The summed E-state index contributed by atoms with van der Waals surface area (Å²) in [5.74, 6) is 0.237. The van der Waals surface area contributed by atoms with Gasteiger partial charge in [0.15, 0.2) is 0 Å². The van der Waals surface area contributed by atoms with Crippen LogP contribution in [0.3, 0.4) is 0 Å². The number of nitrogens with zero attached hydrogens (tertiary/aromatic N) is 2. The van der Waals surface area contributed by atoms with Crippen LogP contribution in [0.5, 0.6) is 11.5 Å². The van der Waals surface area contributed by atoms with E-state index in [-0.39, 0.29) is 29.1 Å². The Morgan fingerprint density at radius 3 is 2.17 bits per heavy atom. The molecule has 252 valence electrons. The number of para-hydroxylation sites is 1. The van der Waals surface area contributed by atoms with E-state index in [9.17, 15) is 18.0 Å². The number of amides is 2. The number of carbonyl (C=O) groups excluding carboxylic acids is 2. The van der Waals surface area contributed by atoms with E-state index in [0.29, 0.717) is 27.1 Å². The second-order valence-electron chi connectivity index (χ2n) is 12.0. The predicted molar refractivity (Wildman–Crippen MR) is 190 cm³/mol. The molecule has 2 amide bonds. The fraction of sp³-hybridized carbons (Fsp3) is 0.297. The zero-order valence-corrected chi connectivity index (χ0v) is 29.3. The Kier molecular flexibility index (Phi) is 11.7. The van der Waals surface area contributed by atoms with Crippen LogP contribution in [-0.2, 0) is 26.2 Å². The van der Waals surface area contributed by atoms with Crippen molar-refractivity contribution in [3.63, 3.8) is 0 Å². The number of nitrogens with one attached hydrogen (secondary N) is 1. The highest BCUT2D eigenvalue weighted by Gasteiger charge is 2.33. The number of sulfonamides is 1. The third-order valence-corrected chi connectivity index (χ3v) is 10.8. The minimum Gasteiger partial charge on any atom is -0.457 e. The van der Waals surface area contributed by atoms with Crippen molar-refractivity contribution in [2.45, 2.75) is 69.5 Å². The van der Waals surface area contributed by atoms with Gasteiger partial charge < -0.3 is 15.0 Å². The van der Waals surface area contributed by atoms with Gasteiger partial charge in [-0.1, -0.05) is 84.4 Å². The maximum Gasteiger partial charge on any atom is 0.264 e. The Labute approximate surface area is 292 Å². The van der Waals surface area contributed by atoms with E-state index in [1.807, 2.05) is 37.3 Å². The molecular formula is C37H39Cl2N3O5S. The second-order valence-corrected chi connectivity index (χ2v) is 14.7. The highest BCUT2D eigenvalue weighted by atomic mass is 35.5. The van der Waals surface area contributed by atoms with Gasteiger partial charge in [0.2, 0.25) is 11.8 Å². The summed E-state index contributed by atoms with van der Waals surface area (Å²) in [6.07, 6.45) is 4.95. The zero-order valence-electron chi connectivity index (χ0n) is 26.9. The number of rotatable bonds is 12. The number of halogens is 2. The van der Waals surface area contributed by atoms with Gasteiger partial charge >= 0.3 is 0 Å². The molecule has 0 aliphatic heterocycles. The van der Waals surface area contributed by atoms with Crippen LogP contribution in [-0.4, -0.2) is 43.8 Å². The molecule has 0 spiro atoms. The molecule has 11 heteroatoms. The van der Waals surface area contributed by atoms with Crippen molar-refractivity contribution in [3.05, 3.63) is 118 Å². The van der Waals surface area contributed by atoms with Gasteiger partial charge in [-0.05, 0) is 92.9 Å². The molecular weight excluding hydrogens is 669 g/mol. The molecule has 0 bridgehead atoms. The van der Waals surface area contributed by atoms with Crippen LogP contribution in [0.1, 0.15) is 50.2 Å². The first-order valence-electron chi connectivity index (χ1n) is 16.0. The van der Waals surface area contributed by atoms with E-state index in [0.717, 1.165) is 42.0 Å². The van der Waals surface area contributed by atoms with E-state index < -0.39 is 28.5 Å². The molecule has 1 aliphatic carbocycles. The molecule has 1 atom stereocenters. The molecule has 0 unspecified atom stereocenters. The highest BCUT2D eigenvalue weighted by molar-refractivity contribution is 7.92. The lowest BCUT2D eigenvalue weighted by Gasteiger charge is -2.33. The van der Waals surface area contributed by atoms with Crippen molar-refractivity contribution < 1.29 is 22.7 Å². The quantitative estimate of drug-likeness (QED) is 0.160. The number of aryl methyl sites for hydroxylation is 1. The number of carbonyl (C=O) groups is 2. The number of hydrogen-bond donors (Lipinski definition) is 1. The summed E-state index contributed by atoms with van der Waals surface area (Å²) in [7, 11) is -4.23. The standard InChI is InChI=1S/C37H39Cl2N3O5S/c1-26-13-21-34(22-14-26)48(45,46)42(31-17-19-33(20-18-31)47-32-11-7-4-8-12-32)25-36(43)41(24-28-15-16-29(38)23-35(28)39)27(2)37(44)40-30-9-5-3-6-10-30/h4,7-8,11-23,27,30H,3,5-6,9-10,24-25H2,1-2H3,(H,40,44)/t27-/m1/s1. The first-order valence-corrected chi connectivity index (χ1v) is 18.2. The summed E-state index contributed by atoms with van der Waals surface area (Å²) in [5.41, 5.74) is 1.72. The fourth-order valence-electron chi connectivity index (χ4n) is 5.66. The highest BCUT2D eigenvalue weighted by Crippen LogP contribution is 2.30. The molecule has 0 radical (unpaired) electrons. The predicted octanol–water partition coefficient (Wildman–Crippen LogP) is 8.16. The first-order chi connectivity index (χ1) is 23.0. The van der Waals surface area contributed by atoms with Gasteiger partial charge in [-0.25, -0.2) is 8.42 Å². The molecule has 8 nitrogen and oxygen atoms in total. The topological polar surface area (TPSA) is 96.0 Å². The molecule has 5 rings (SSSR count). The fourth-order valence-corrected chi connectivity index (χ4v) is 7.54. The Balaban J connectivity index is 1.48. The van der Waals surface area contributed by atoms with Crippen LogP contribution >= 0.6 is 23.2 Å². The molecule has 1 aliphatic rings. The van der Waals surface area contributed by atoms with Gasteiger partial charge in [-0.2, -0.15) is 0 Å². The molecule has 4 aromatic rings. The molecule has 48 heavy (non-hydrogen) atoms. The van der Waals surface area contributed by atoms with E-state index >= 15 is 0 Å². The first kappa shape index (κ1) is 35.3. The number of hydrogen-bond acceptors (Lipinski definition) is 5. The summed E-state index contributed by atoms with van der Waals surface area (Å²) in [4.78, 5) is 29.3. The van der Waals surface area contributed by atoms with Crippen molar-refractivity contribution in [3.8, 4) is 11.5 Å².